The summed E-state index contributed by atoms with van der Waals surface area (Å²) < 4.78 is 1.83. The third kappa shape index (κ3) is 3.59. The summed E-state index contributed by atoms with van der Waals surface area (Å²) in [6, 6.07) is 3.07. The largest absolute Gasteiger partial charge is 0.399 e. The van der Waals surface area contributed by atoms with Crippen LogP contribution in [0.1, 0.15) is 0 Å². The van der Waals surface area contributed by atoms with E-state index in [9.17, 15) is 4.79 Å². The van der Waals surface area contributed by atoms with Crippen LogP contribution in [0.2, 0.25) is 10.0 Å². The molecule has 2 rings (SSSR count). The van der Waals surface area contributed by atoms with Gasteiger partial charge in [0.2, 0.25) is 5.91 Å². The van der Waals surface area contributed by atoms with Crippen molar-refractivity contribution in [2.24, 2.45) is 7.05 Å². The number of rotatable bonds is 4. The molecule has 0 radical (unpaired) electrons. The molecule has 106 valence electrons. The number of hydrogen-bond donors (Lipinski definition) is 2. The van der Waals surface area contributed by atoms with Gasteiger partial charge in [0.05, 0.1) is 21.5 Å². The van der Waals surface area contributed by atoms with Crippen molar-refractivity contribution in [3.8, 4) is 0 Å². The van der Waals surface area contributed by atoms with Crippen molar-refractivity contribution in [2.45, 2.75) is 5.16 Å². The van der Waals surface area contributed by atoms with E-state index in [0.717, 1.165) is 5.16 Å². The number of aryl methyl sites for hydroxylation is 1. The normalized spacial score (nSPS) is 10.6. The molecule has 1 aromatic carbocycles. The molecule has 0 atom stereocenters. The summed E-state index contributed by atoms with van der Waals surface area (Å²) in [5, 5.41) is 4.05. The molecule has 5 nitrogen and oxygen atoms in total. The molecule has 0 fully saturated rings. The summed E-state index contributed by atoms with van der Waals surface area (Å²) >= 11 is 13.3. The van der Waals surface area contributed by atoms with E-state index in [1.807, 2.05) is 17.8 Å². The molecule has 0 saturated heterocycles. The number of nitrogens with two attached hydrogens (primary N) is 1. The molecule has 0 unspecified atom stereocenters. The first-order valence-electron chi connectivity index (χ1n) is 5.62. The number of hydrogen-bond acceptors (Lipinski definition) is 4. The van der Waals surface area contributed by atoms with Crippen molar-refractivity contribution in [3.05, 3.63) is 34.6 Å². The van der Waals surface area contributed by atoms with Crippen LogP contribution in [0, 0.1) is 0 Å². The number of nitrogens with zero attached hydrogens (tertiary/aromatic N) is 2. The van der Waals surface area contributed by atoms with Crippen molar-refractivity contribution >= 4 is 52.2 Å². The third-order valence-electron chi connectivity index (χ3n) is 2.44. The fraction of sp³-hybridized carbons (Fsp3) is 0.167. The van der Waals surface area contributed by atoms with Crippen LogP contribution in [0.25, 0.3) is 0 Å². The van der Waals surface area contributed by atoms with Crippen molar-refractivity contribution < 1.29 is 4.79 Å². The van der Waals surface area contributed by atoms with Crippen LogP contribution in [-0.4, -0.2) is 21.2 Å². The predicted octanol–water partition coefficient (Wildman–Crippen LogP) is 3.04. The highest BCUT2D eigenvalue weighted by Gasteiger charge is 2.12. The van der Waals surface area contributed by atoms with Crippen molar-refractivity contribution in [2.75, 3.05) is 16.8 Å². The molecule has 2 aromatic rings. The topological polar surface area (TPSA) is 72.9 Å². The smallest absolute Gasteiger partial charge is 0.234 e. The molecule has 0 aliphatic heterocycles. The second kappa shape index (κ2) is 6.39. The highest BCUT2D eigenvalue weighted by molar-refractivity contribution is 7.99. The maximum atomic E-state index is 11.9. The third-order valence-corrected chi connectivity index (χ3v) is 4.09. The number of nitrogen functional groups attached to an aromatic ring is 1. The lowest BCUT2D eigenvalue weighted by molar-refractivity contribution is -0.113. The Bertz CT molecular complexity index is 621. The Kier molecular flexibility index (Phi) is 4.80. The van der Waals surface area contributed by atoms with E-state index in [2.05, 4.69) is 10.3 Å². The van der Waals surface area contributed by atoms with Crippen molar-refractivity contribution in [1.82, 2.24) is 9.55 Å². The fourth-order valence-electron chi connectivity index (χ4n) is 1.51. The highest BCUT2D eigenvalue weighted by atomic mass is 35.5. The number of benzene rings is 1. The first-order chi connectivity index (χ1) is 9.47. The van der Waals surface area contributed by atoms with E-state index in [1.54, 1.807) is 6.20 Å². The zero-order valence-electron chi connectivity index (χ0n) is 10.6. The molecule has 20 heavy (non-hydrogen) atoms. The minimum Gasteiger partial charge on any atom is -0.399 e. The molecule has 1 aromatic heterocycles. The number of carbonyl (C=O) groups excluding carboxylic acids is 1. The fourth-order valence-corrected chi connectivity index (χ4v) is 2.84. The van der Waals surface area contributed by atoms with Gasteiger partial charge in [0.1, 0.15) is 0 Å². The van der Waals surface area contributed by atoms with E-state index in [4.69, 9.17) is 28.9 Å². The first kappa shape index (κ1) is 15.0. The Morgan fingerprint density at radius 3 is 2.65 bits per heavy atom. The highest BCUT2D eigenvalue weighted by Crippen LogP contribution is 2.33. The van der Waals surface area contributed by atoms with Crippen LogP contribution in [0.4, 0.5) is 11.4 Å². The lowest BCUT2D eigenvalue weighted by atomic mass is 10.3. The molecule has 3 N–H and O–H groups in total. The number of imidazole rings is 1. The molecule has 0 aliphatic rings. The summed E-state index contributed by atoms with van der Waals surface area (Å²) in [4.78, 5) is 16.0. The van der Waals surface area contributed by atoms with Crippen LogP contribution < -0.4 is 11.1 Å². The maximum Gasteiger partial charge on any atom is 0.234 e. The van der Waals surface area contributed by atoms with Gasteiger partial charge in [0.25, 0.3) is 0 Å². The van der Waals surface area contributed by atoms with E-state index >= 15 is 0 Å². The minimum atomic E-state index is -0.216. The Morgan fingerprint density at radius 1 is 1.45 bits per heavy atom. The van der Waals surface area contributed by atoms with Crippen molar-refractivity contribution in [3.63, 3.8) is 0 Å². The number of halogens is 2. The Balaban J connectivity index is 2.00. The van der Waals surface area contributed by atoms with E-state index in [1.165, 1.54) is 23.9 Å². The van der Waals surface area contributed by atoms with Crippen molar-refractivity contribution in [1.29, 1.82) is 0 Å². The molecule has 0 bridgehead atoms. The predicted molar refractivity (Wildman–Crippen MR) is 83.4 cm³/mol. The van der Waals surface area contributed by atoms with Gasteiger partial charge in [-0.25, -0.2) is 4.98 Å². The van der Waals surface area contributed by atoms with Gasteiger partial charge >= 0.3 is 0 Å². The molecule has 0 aliphatic carbocycles. The number of anilines is 2. The van der Waals surface area contributed by atoms with E-state index in [-0.39, 0.29) is 11.7 Å². The molecular weight excluding hydrogens is 319 g/mol. The maximum absolute atomic E-state index is 11.9. The second-order valence-corrected chi connectivity index (χ2v) is 5.77. The zero-order valence-corrected chi connectivity index (χ0v) is 12.9. The quantitative estimate of drug-likeness (QED) is 0.667. The zero-order chi connectivity index (χ0) is 14.7. The van der Waals surface area contributed by atoms with Gasteiger partial charge in [0, 0.05) is 25.1 Å². The van der Waals surface area contributed by atoms with Gasteiger partial charge in [-0.15, -0.1) is 0 Å². The Labute approximate surface area is 130 Å². The summed E-state index contributed by atoms with van der Waals surface area (Å²) in [7, 11) is 1.86. The second-order valence-electron chi connectivity index (χ2n) is 4.02. The SMILES string of the molecule is Cn1ccnc1SCC(=O)Nc1c(Cl)cc(N)cc1Cl. The number of nitrogens with one attached hydrogen (secondary N) is 1. The summed E-state index contributed by atoms with van der Waals surface area (Å²) in [6.45, 7) is 0. The van der Waals surface area contributed by atoms with Gasteiger partial charge in [-0.1, -0.05) is 35.0 Å². The minimum absolute atomic E-state index is 0.210. The van der Waals surface area contributed by atoms with Gasteiger partial charge in [-0.2, -0.15) is 0 Å². The van der Waals surface area contributed by atoms with E-state index < -0.39 is 0 Å². The standard InChI is InChI=1S/C12H12Cl2N4OS/c1-18-3-2-16-12(18)20-6-10(19)17-11-8(13)4-7(15)5-9(11)14/h2-5H,6,15H2,1H3,(H,17,19). The molecule has 0 saturated carbocycles. The van der Waals surface area contributed by atoms with Crippen LogP contribution in [0.15, 0.2) is 29.7 Å². The lowest BCUT2D eigenvalue weighted by Gasteiger charge is -2.10. The van der Waals surface area contributed by atoms with Gasteiger partial charge in [-0.3, -0.25) is 4.79 Å². The van der Waals surface area contributed by atoms with Crippen LogP contribution in [-0.2, 0) is 11.8 Å². The molecule has 1 heterocycles. The van der Waals surface area contributed by atoms with Crippen LogP contribution >= 0.6 is 35.0 Å². The Hall–Kier alpha value is -1.37. The summed E-state index contributed by atoms with van der Waals surface area (Å²) in [5.74, 6) is -0.00593. The van der Waals surface area contributed by atoms with Gasteiger partial charge in [-0.05, 0) is 12.1 Å². The summed E-state index contributed by atoms with van der Waals surface area (Å²) in [5.41, 5.74) is 6.42. The summed E-state index contributed by atoms with van der Waals surface area (Å²) in [6.07, 6.45) is 3.49. The molecule has 0 spiro atoms. The van der Waals surface area contributed by atoms with Crippen LogP contribution in [0.3, 0.4) is 0 Å². The first-order valence-corrected chi connectivity index (χ1v) is 7.36. The number of aromatic nitrogens is 2. The number of thioether (sulfide) groups is 1. The molecular formula is C12H12Cl2N4OS. The lowest BCUT2D eigenvalue weighted by Crippen LogP contribution is -2.15. The van der Waals surface area contributed by atoms with Gasteiger partial charge in [0.15, 0.2) is 5.16 Å². The Morgan fingerprint density at radius 2 is 2.10 bits per heavy atom. The number of carbonyl (C=O) groups is 1. The average molecular weight is 331 g/mol. The molecule has 1 amide bonds. The van der Waals surface area contributed by atoms with E-state index in [0.29, 0.717) is 21.4 Å². The average Bonchev–Trinajstić information content (AvgIpc) is 2.77. The monoisotopic (exact) mass is 330 g/mol. The van der Waals surface area contributed by atoms with Crippen LogP contribution in [0.5, 0.6) is 0 Å². The van der Waals surface area contributed by atoms with Gasteiger partial charge < -0.3 is 15.6 Å². The number of amides is 1. The molecule has 8 heteroatoms.